The lowest BCUT2D eigenvalue weighted by molar-refractivity contribution is -0.384. The number of terminal acetylenes is 1. The zero-order chi connectivity index (χ0) is 19.1. The van der Waals surface area contributed by atoms with E-state index in [1.54, 1.807) is 18.2 Å². The van der Waals surface area contributed by atoms with Gasteiger partial charge in [0.15, 0.2) is 6.04 Å². The first kappa shape index (κ1) is 18.6. The highest BCUT2D eigenvalue weighted by molar-refractivity contribution is 5.96. The SMILES string of the molecule is C#CCNN(C(=O)c1ccccc1)C(C(=O)O)c1cccc([N+](=O)[O-])c1. The number of amides is 1. The van der Waals surface area contributed by atoms with E-state index in [1.807, 2.05) is 0 Å². The number of hydrazine groups is 1. The van der Waals surface area contributed by atoms with E-state index >= 15 is 0 Å². The predicted molar refractivity (Wildman–Crippen MR) is 92.9 cm³/mol. The van der Waals surface area contributed by atoms with Crippen LogP contribution in [0.1, 0.15) is 22.0 Å². The maximum absolute atomic E-state index is 12.8. The van der Waals surface area contributed by atoms with Gasteiger partial charge in [-0.3, -0.25) is 19.9 Å². The van der Waals surface area contributed by atoms with Gasteiger partial charge in [0.2, 0.25) is 0 Å². The molecule has 0 saturated carbocycles. The van der Waals surface area contributed by atoms with Crippen LogP contribution in [0, 0.1) is 22.5 Å². The second-order valence-electron chi connectivity index (χ2n) is 5.17. The van der Waals surface area contributed by atoms with Gasteiger partial charge in [0.1, 0.15) is 0 Å². The normalized spacial score (nSPS) is 11.2. The Hall–Kier alpha value is -3.70. The molecule has 0 saturated heterocycles. The van der Waals surface area contributed by atoms with E-state index in [-0.39, 0.29) is 23.4 Å². The molecule has 2 aromatic carbocycles. The number of aliphatic carboxylic acids is 1. The van der Waals surface area contributed by atoms with Crippen LogP contribution in [0.5, 0.6) is 0 Å². The lowest BCUT2D eigenvalue weighted by Gasteiger charge is -2.29. The zero-order valence-corrected chi connectivity index (χ0v) is 13.5. The van der Waals surface area contributed by atoms with Crippen LogP contribution >= 0.6 is 0 Å². The van der Waals surface area contributed by atoms with Gasteiger partial charge in [-0.1, -0.05) is 36.3 Å². The number of nitrogens with one attached hydrogen (secondary N) is 1. The van der Waals surface area contributed by atoms with Crippen molar-refractivity contribution in [3.8, 4) is 12.3 Å². The number of carboxylic acids is 1. The first-order valence-corrected chi connectivity index (χ1v) is 7.48. The summed E-state index contributed by atoms with van der Waals surface area (Å²) < 4.78 is 0. The van der Waals surface area contributed by atoms with Gasteiger partial charge in [-0.05, 0) is 17.7 Å². The van der Waals surface area contributed by atoms with Gasteiger partial charge in [0, 0.05) is 17.7 Å². The average molecular weight is 353 g/mol. The lowest BCUT2D eigenvalue weighted by Crippen LogP contribution is -2.48. The molecule has 1 atom stereocenters. The second-order valence-corrected chi connectivity index (χ2v) is 5.17. The number of nitrogens with zero attached hydrogens (tertiary/aromatic N) is 2. The zero-order valence-electron chi connectivity index (χ0n) is 13.5. The molecule has 8 heteroatoms. The maximum Gasteiger partial charge on any atom is 0.332 e. The Morgan fingerprint density at radius 2 is 1.92 bits per heavy atom. The van der Waals surface area contributed by atoms with E-state index in [0.717, 1.165) is 11.1 Å². The van der Waals surface area contributed by atoms with Crippen LogP contribution in [0.3, 0.4) is 0 Å². The number of non-ortho nitro benzene ring substituents is 1. The smallest absolute Gasteiger partial charge is 0.332 e. The third-order valence-corrected chi connectivity index (χ3v) is 3.48. The van der Waals surface area contributed by atoms with Crippen LogP contribution in [-0.2, 0) is 4.79 Å². The first-order chi connectivity index (χ1) is 12.5. The van der Waals surface area contributed by atoms with Gasteiger partial charge in [-0.15, -0.1) is 6.42 Å². The maximum atomic E-state index is 12.8. The monoisotopic (exact) mass is 353 g/mol. The molecule has 0 bridgehead atoms. The summed E-state index contributed by atoms with van der Waals surface area (Å²) in [4.78, 5) is 35.0. The van der Waals surface area contributed by atoms with Crippen molar-refractivity contribution < 1.29 is 19.6 Å². The van der Waals surface area contributed by atoms with E-state index in [4.69, 9.17) is 6.42 Å². The number of carbonyl (C=O) groups excluding carboxylic acids is 1. The number of rotatable bonds is 7. The molecule has 0 aromatic heterocycles. The summed E-state index contributed by atoms with van der Waals surface area (Å²) in [7, 11) is 0. The van der Waals surface area contributed by atoms with Gasteiger partial charge >= 0.3 is 5.97 Å². The molecule has 0 aliphatic carbocycles. The quantitative estimate of drug-likeness (QED) is 0.447. The van der Waals surface area contributed by atoms with Crippen molar-refractivity contribution in [3.05, 3.63) is 75.8 Å². The van der Waals surface area contributed by atoms with E-state index in [0.29, 0.717) is 0 Å². The van der Waals surface area contributed by atoms with Crippen LogP contribution < -0.4 is 5.43 Å². The third-order valence-electron chi connectivity index (χ3n) is 3.48. The number of carbonyl (C=O) groups is 2. The number of hydrogen-bond acceptors (Lipinski definition) is 5. The molecule has 0 heterocycles. The molecular weight excluding hydrogens is 338 g/mol. The van der Waals surface area contributed by atoms with Crippen molar-refractivity contribution in [2.75, 3.05) is 6.54 Å². The summed E-state index contributed by atoms with van der Waals surface area (Å²) in [6.07, 6.45) is 5.21. The molecule has 1 unspecified atom stereocenters. The summed E-state index contributed by atoms with van der Waals surface area (Å²) in [6, 6.07) is 11.6. The van der Waals surface area contributed by atoms with Gasteiger partial charge in [-0.2, -0.15) is 0 Å². The van der Waals surface area contributed by atoms with Crippen LogP contribution in [0.2, 0.25) is 0 Å². The summed E-state index contributed by atoms with van der Waals surface area (Å²) in [5.74, 6) is 0.286. The standard InChI is InChI=1S/C18H15N3O5/c1-2-11-19-20(17(22)13-7-4-3-5-8-13)16(18(23)24)14-9-6-10-15(12-14)21(25)26/h1,3-10,12,16,19H,11H2,(H,23,24). The van der Waals surface area contributed by atoms with Crippen molar-refractivity contribution in [1.29, 1.82) is 0 Å². The molecule has 0 radical (unpaired) electrons. The molecule has 0 aliphatic heterocycles. The molecule has 8 nitrogen and oxygen atoms in total. The van der Waals surface area contributed by atoms with Crippen molar-refractivity contribution >= 4 is 17.6 Å². The van der Waals surface area contributed by atoms with Crippen LogP contribution in [0.25, 0.3) is 0 Å². The van der Waals surface area contributed by atoms with Crippen molar-refractivity contribution in [2.45, 2.75) is 6.04 Å². The molecule has 0 aliphatic rings. The predicted octanol–water partition coefficient (Wildman–Crippen LogP) is 2.00. The molecule has 1 amide bonds. The number of carboxylic acid groups (broad SMARTS) is 1. The van der Waals surface area contributed by atoms with E-state index in [2.05, 4.69) is 11.3 Å². The number of nitro groups is 1. The van der Waals surface area contributed by atoms with E-state index < -0.39 is 22.8 Å². The molecule has 2 rings (SSSR count). The van der Waals surface area contributed by atoms with Crippen molar-refractivity contribution in [2.24, 2.45) is 0 Å². The van der Waals surface area contributed by atoms with Crippen molar-refractivity contribution in [1.82, 2.24) is 10.4 Å². The van der Waals surface area contributed by atoms with Gasteiger partial charge in [-0.25, -0.2) is 10.2 Å². The molecular formula is C18H15N3O5. The van der Waals surface area contributed by atoms with E-state index in [9.17, 15) is 24.8 Å². The fraction of sp³-hybridized carbons (Fsp3) is 0.111. The fourth-order valence-corrected chi connectivity index (χ4v) is 2.34. The third kappa shape index (κ3) is 4.23. The average Bonchev–Trinajstić information content (AvgIpc) is 2.65. The topological polar surface area (TPSA) is 113 Å². The minimum absolute atomic E-state index is 0.0699. The summed E-state index contributed by atoms with van der Waals surface area (Å²) in [5, 5.41) is 21.5. The number of benzene rings is 2. The first-order valence-electron chi connectivity index (χ1n) is 7.48. The molecule has 2 N–H and O–H groups in total. The van der Waals surface area contributed by atoms with E-state index in [1.165, 1.54) is 30.3 Å². The largest absolute Gasteiger partial charge is 0.479 e. The molecule has 2 aromatic rings. The number of nitro benzene ring substituents is 1. The van der Waals surface area contributed by atoms with Crippen LogP contribution in [0.4, 0.5) is 5.69 Å². The summed E-state index contributed by atoms with van der Waals surface area (Å²) >= 11 is 0. The lowest BCUT2D eigenvalue weighted by atomic mass is 10.0. The minimum atomic E-state index is -1.50. The van der Waals surface area contributed by atoms with Gasteiger partial charge < -0.3 is 5.11 Å². The minimum Gasteiger partial charge on any atom is -0.479 e. The highest BCUT2D eigenvalue weighted by Gasteiger charge is 2.32. The Bertz CT molecular complexity index is 861. The van der Waals surface area contributed by atoms with Crippen molar-refractivity contribution in [3.63, 3.8) is 0 Å². The Labute approximate surface area is 149 Å². The Kier molecular flexibility index (Phi) is 6.03. The highest BCUT2D eigenvalue weighted by Crippen LogP contribution is 2.25. The molecule has 0 spiro atoms. The molecule has 132 valence electrons. The number of hydrogen-bond donors (Lipinski definition) is 2. The molecule has 26 heavy (non-hydrogen) atoms. The second kappa shape index (κ2) is 8.41. The highest BCUT2D eigenvalue weighted by atomic mass is 16.6. The Balaban J connectivity index is 2.49. The summed E-state index contributed by atoms with van der Waals surface area (Å²) in [6.45, 7) is -0.0999. The Morgan fingerprint density at radius 1 is 1.23 bits per heavy atom. The fourth-order valence-electron chi connectivity index (χ4n) is 2.34. The van der Waals surface area contributed by atoms with Crippen LogP contribution in [-0.4, -0.2) is 33.5 Å². The molecule has 0 fully saturated rings. The Morgan fingerprint density at radius 3 is 2.50 bits per heavy atom. The summed E-state index contributed by atoms with van der Waals surface area (Å²) in [5.41, 5.74) is 2.63. The van der Waals surface area contributed by atoms with Gasteiger partial charge in [0.25, 0.3) is 11.6 Å². The van der Waals surface area contributed by atoms with Gasteiger partial charge in [0.05, 0.1) is 11.5 Å². The van der Waals surface area contributed by atoms with Crippen LogP contribution in [0.15, 0.2) is 54.6 Å².